The predicted octanol–water partition coefficient (Wildman–Crippen LogP) is 2.15. The highest BCUT2D eigenvalue weighted by Gasteiger charge is 2.18. The summed E-state index contributed by atoms with van der Waals surface area (Å²) in [5, 5.41) is 14.6. The number of methoxy groups -OCH3 is 1. The van der Waals surface area contributed by atoms with Crippen molar-refractivity contribution < 1.29 is 19.2 Å². The van der Waals surface area contributed by atoms with Crippen LogP contribution in [0.15, 0.2) is 53.6 Å². The van der Waals surface area contributed by atoms with E-state index in [2.05, 4.69) is 15.3 Å². The van der Waals surface area contributed by atoms with Crippen LogP contribution < -0.4 is 5.43 Å². The van der Waals surface area contributed by atoms with Crippen molar-refractivity contribution in [1.29, 1.82) is 0 Å². The summed E-state index contributed by atoms with van der Waals surface area (Å²) in [6.07, 6.45) is 1.35. The number of hydrogen-bond acceptors (Lipinski definition) is 6. The summed E-state index contributed by atoms with van der Waals surface area (Å²) >= 11 is 0. The molecule has 0 fully saturated rings. The minimum absolute atomic E-state index is 0.0827. The fourth-order valence-electron chi connectivity index (χ4n) is 1.87. The summed E-state index contributed by atoms with van der Waals surface area (Å²) in [5.74, 6) is -1.15. The lowest BCUT2D eigenvalue weighted by atomic mass is 10.1. The molecule has 8 nitrogen and oxygen atoms in total. The molecule has 0 saturated heterocycles. The maximum Gasteiger partial charge on any atom is 0.337 e. The molecule has 0 radical (unpaired) electrons. The van der Waals surface area contributed by atoms with Gasteiger partial charge in [0.05, 0.1) is 23.8 Å². The first-order valence-electron chi connectivity index (χ1n) is 6.78. The van der Waals surface area contributed by atoms with Gasteiger partial charge in [-0.05, 0) is 23.8 Å². The Labute approximate surface area is 136 Å². The van der Waals surface area contributed by atoms with Crippen molar-refractivity contribution in [2.75, 3.05) is 7.11 Å². The first kappa shape index (κ1) is 16.8. The van der Waals surface area contributed by atoms with E-state index in [1.807, 2.05) is 0 Å². The van der Waals surface area contributed by atoms with Gasteiger partial charge in [-0.3, -0.25) is 14.9 Å². The van der Waals surface area contributed by atoms with Crippen LogP contribution in [0.2, 0.25) is 0 Å². The molecule has 8 heteroatoms. The molecule has 0 unspecified atom stereocenters. The zero-order valence-electron chi connectivity index (χ0n) is 12.6. The third kappa shape index (κ3) is 4.01. The number of nitro groups is 1. The lowest BCUT2D eigenvalue weighted by Crippen LogP contribution is -2.18. The minimum Gasteiger partial charge on any atom is -0.465 e. The summed E-state index contributed by atoms with van der Waals surface area (Å²) in [6.45, 7) is 0. The van der Waals surface area contributed by atoms with Crippen LogP contribution >= 0.6 is 0 Å². The van der Waals surface area contributed by atoms with E-state index in [1.165, 1.54) is 37.6 Å². The summed E-state index contributed by atoms with van der Waals surface area (Å²) in [6, 6.07) is 11.9. The molecule has 1 N–H and O–H groups in total. The first-order valence-corrected chi connectivity index (χ1v) is 6.78. The molecular weight excluding hydrogens is 314 g/mol. The molecule has 0 aliphatic carbocycles. The molecule has 24 heavy (non-hydrogen) atoms. The standard InChI is InChI=1S/C16H13N3O5/c1-24-16(21)12-8-6-11(7-9-12)10-17-18-15(20)13-4-2-3-5-14(13)19(22)23/h2-10H,1H3,(H,18,20)/b17-10+. The highest BCUT2D eigenvalue weighted by molar-refractivity contribution is 5.98. The van der Waals surface area contributed by atoms with Gasteiger partial charge >= 0.3 is 5.97 Å². The monoisotopic (exact) mass is 327 g/mol. The highest BCUT2D eigenvalue weighted by atomic mass is 16.6. The number of para-hydroxylation sites is 1. The van der Waals surface area contributed by atoms with Gasteiger partial charge in [-0.25, -0.2) is 10.2 Å². The van der Waals surface area contributed by atoms with E-state index in [9.17, 15) is 19.7 Å². The van der Waals surface area contributed by atoms with Crippen LogP contribution in [0.25, 0.3) is 0 Å². The summed E-state index contributed by atoms with van der Waals surface area (Å²) in [4.78, 5) is 33.5. The maximum absolute atomic E-state index is 12.0. The molecule has 0 spiro atoms. The van der Waals surface area contributed by atoms with Crippen molar-refractivity contribution in [2.24, 2.45) is 5.10 Å². The van der Waals surface area contributed by atoms with Gasteiger partial charge in [-0.2, -0.15) is 5.10 Å². The molecule has 2 aromatic carbocycles. The van der Waals surface area contributed by atoms with Crippen LogP contribution in [0.3, 0.4) is 0 Å². The number of nitrogens with one attached hydrogen (secondary N) is 1. The Kier molecular flexibility index (Phi) is 5.35. The quantitative estimate of drug-likeness (QED) is 0.391. The Morgan fingerprint density at radius 3 is 2.46 bits per heavy atom. The number of hydrogen-bond donors (Lipinski definition) is 1. The second-order valence-corrected chi connectivity index (χ2v) is 4.59. The molecule has 2 rings (SSSR count). The van der Waals surface area contributed by atoms with Crippen molar-refractivity contribution >= 4 is 23.8 Å². The minimum atomic E-state index is -0.690. The molecule has 0 aromatic heterocycles. The maximum atomic E-state index is 12.0. The van der Waals surface area contributed by atoms with E-state index in [4.69, 9.17) is 0 Å². The number of hydrazone groups is 1. The molecular formula is C16H13N3O5. The predicted molar refractivity (Wildman–Crippen MR) is 85.9 cm³/mol. The molecule has 0 saturated carbocycles. The van der Waals surface area contributed by atoms with Crippen LogP contribution in [-0.4, -0.2) is 30.1 Å². The topological polar surface area (TPSA) is 111 Å². The lowest BCUT2D eigenvalue weighted by Gasteiger charge is -2.01. The number of ether oxygens (including phenoxy) is 1. The number of rotatable bonds is 5. The molecule has 122 valence electrons. The van der Waals surface area contributed by atoms with E-state index in [1.54, 1.807) is 24.3 Å². The van der Waals surface area contributed by atoms with Gasteiger partial charge < -0.3 is 4.74 Å². The number of amides is 1. The smallest absolute Gasteiger partial charge is 0.337 e. The molecule has 0 bridgehead atoms. The largest absolute Gasteiger partial charge is 0.465 e. The summed E-state index contributed by atoms with van der Waals surface area (Å²) in [7, 11) is 1.29. The molecule has 0 atom stereocenters. The number of benzene rings is 2. The normalized spacial score (nSPS) is 10.4. The third-order valence-corrected chi connectivity index (χ3v) is 3.06. The second-order valence-electron chi connectivity index (χ2n) is 4.59. The third-order valence-electron chi connectivity index (χ3n) is 3.06. The molecule has 2 aromatic rings. The van der Waals surface area contributed by atoms with Crippen molar-refractivity contribution in [3.05, 3.63) is 75.3 Å². The number of esters is 1. The second kappa shape index (κ2) is 7.63. The zero-order chi connectivity index (χ0) is 17.5. The molecule has 0 heterocycles. The molecule has 1 amide bonds. The lowest BCUT2D eigenvalue weighted by molar-refractivity contribution is -0.385. The van der Waals surface area contributed by atoms with Gasteiger partial charge in [0.25, 0.3) is 11.6 Å². The number of nitro benzene ring substituents is 1. The Morgan fingerprint density at radius 2 is 1.83 bits per heavy atom. The van der Waals surface area contributed by atoms with Gasteiger partial charge in [-0.1, -0.05) is 24.3 Å². The van der Waals surface area contributed by atoms with E-state index >= 15 is 0 Å². The fraction of sp³-hybridized carbons (Fsp3) is 0.0625. The van der Waals surface area contributed by atoms with Gasteiger partial charge in [-0.15, -0.1) is 0 Å². The average Bonchev–Trinajstić information content (AvgIpc) is 2.61. The van der Waals surface area contributed by atoms with Gasteiger partial charge in [0.15, 0.2) is 0 Å². The molecule has 0 aliphatic heterocycles. The van der Waals surface area contributed by atoms with Crippen LogP contribution in [0, 0.1) is 10.1 Å². The van der Waals surface area contributed by atoms with Gasteiger partial charge in [0, 0.05) is 6.07 Å². The summed E-state index contributed by atoms with van der Waals surface area (Å²) in [5.41, 5.74) is 2.86. The van der Waals surface area contributed by atoms with Gasteiger partial charge in [0.1, 0.15) is 5.56 Å². The van der Waals surface area contributed by atoms with E-state index in [0.29, 0.717) is 11.1 Å². The average molecular weight is 327 g/mol. The van der Waals surface area contributed by atoms with Crippen LogP contribution in [-0.2, 0) is 4.74 Å². The van der Waals surface area contributed by atoms with Crippen LogP contribution in [0.1, 0.15) is 26.3 Å². The highest BCUT2D eigenvalue weighted by Crippen LogP contribution is 2.17. The Balaban J connectivity index is 2.05. The number of carbonyl (C=O) groups is 2. The summed E-state index contributed by atoms with van der Waals surface area (Å²) < 4.78 is 4.58. The molecule has 0 aliphatic rings. The number of carbonyl (C=O) groups excluding carboxylic acids is 2. The van der Waals surface area contributed by atoms with Crippen molar-refractivity contribution in [3.63, 3.8) is 0 Å². The van der Waals surface area contributed by atoms with Crippen molar-refractivity contribution in [2.45, 2.75) is 0 Å². The van der Waals surface area contributed by atoms with Crippen LogP contribution in [0.5, 0.6) is 0 Å². The zero-order valence-corrected chi connectivity index (χ0v) is 12.6. The van der Waals surface area contributed by atoms with E-state index in [0.717, 1.165) is 0 Å². The number of nitrogens with zero attached hydrogens (tertiary/aromatic N) is 2. The first-order chi connectivity index (χ1) is 11.5. The van der Waals surface area contributed by atoms with E-state index < -0.39 is 16.8 Å². The van der Waals surface area contributed by atoms with Crippen molar-refractivity contribution in [3.8, 4) is 0 Å². The van der Waals surface area contributed by atoms with Gasteiger partial charge in [0.2, 0.25) is 0 Å². The van der Waals surface area contributed by atoms with E-state index in [-0.39, 0.29) is 11.3 Å². The van der Waals surface area contributed by atoms with Crippen LogP contribution in [0.4, 0.5) is 5.69 Å². The Morgan fingerprint density at radius 1 is 1.17 bits per heavy atom. The Bertz CT molecular complexity index is 800. The Hall–Kier alpha value is -3.55. The van der Waals surface area contributed by atoms with Crippen molar-refractivity contribution in [1.82, 2.24) is 5.43 Å². The SMILES string of the molecule is COC(=O)c1ccc(/C=N/NC(=O)c2ccccc2[N+](=O)[O-])cc1. The fourth-order valence-corrected chi connectivity index (χ4v) is 1.87.